The van der Waals surface area contributed by atoms with Crippen LogP contribution in [0.4, 0.5) is 5.69 Å². The Morgan fingerprint density at radius 1 is 0.902 bits per heavy atom. The standard InChI is InChI=1S/C25H33N3O2.C9H16O2/c1-5-20-16-22(10-11-23(20)24(29)18(2)3)26-25(30)21-8-6-19(7-9-21)17-28-14-12-27(4)13-15-28;1-4-9(11)6-5-7(2)8(3)10/h6-11,16,18H,5,12-15,17H2,1-4H3,(H,26,30);7H,4-6H2,1-3H3. The van der Waals surface area contributed by atoms with Crippen LogP contribution in [0.5, 0.6) is 0 Å². The molecule has 41 heavy (non-hydrogen) atoms. The molecule has 2 aromatic rings. The van der Waals surface area contributed by atoms with E-state index in [1.54, 1.807) is 6.92 Å². The summed E-state index contributed by atoms with van der Waals surface area (Å²) >= 11 is 0. The zero-order valence-corrected chi connectivity index (χ0v) is 26.1. The van der Waals surface area contributed by atoms with E-state index in [9.17, 15) is 19.2 Å². The number of aryl methyl sites for hydroxylation is 1. The Morgan fingerprint density at radius 3 is 2.07 bits per heavy atom. The molecule has 0 radical (unpaired) electrons. The summed E-state index contributed by atoms with van der Waals surface area (Å²) in [5.74, 6) is 0.435. The minimum absolute atomic E-state index is 0.0416. The van der Waals surface area contributed by atoms with E-state index >= 15 is 0 Å². The highest BCUT2D eigenvalue weighted by Crippen LogP contribution is 2.21. The molecule has 3 rings (SSSR count). The second kappa shape index (κ2) is 16.9. The lowest BCUT2D eigenvalue weighted by atomic mass is 9.94. The number of rotatable bonds is 12. The zero-order chi connectivity index (χ0) is 30.5. The Labute approximate surface area is 246 Å². The molecule has 1 saturated heterocycles. The van der Waals surface area contributed by atoms with E-state index < -0.39 is 0 Å². The van der Waals surface area contributed by atoms with Gasteiger partial charge in [-0.15, -0.1) is 0 Å². The van der Waals surface area contributed by atoms with Crippen molar-refractivity contribution >= 4 is 28.9 Å². The molecule has 1 fully saturated rings. The highest BCUT2D eigenvalue weighted by atomic mass is 16.2. The van der Waals surface area contributed by atoms with E-state index in [2.05, 4.69) is 22.2 Å². The van der Waals surface area contributed by atoms with Crippen LogP contribution in [0, 0.1) is 11.8 Å². The van der Waals surface area contributed by atoms with E-state index in [4.69, 9.17) is 0 Å². The molecule has 1 amide bonds. The molecule has 0 aliphatic carbocycles. The fourth-order valence-electron chi connectivity index (χ4n) is 4.50. The SMILES string of the molecule is CCC(=O)CCC(C)C(C)=O.CCc1cc(NC(=O)c2ccc(CN3CCN(C)CC3)cc2)ccc1C(=O)C(C)C. The van der Waals surface area contributed by atoms with Crippen LogP contribution < -0.4 is 5.32 Å². The highest BCUT2D eigenvalue weighted by molar-refractivity contribution is 6.05. The number of anilines is 1. The molecule has 1 heterocycles. The summed E-state index contributed by atoms with van der Waals surface area (Å²) < 4.78 is 0. The molecule has 0 saturated carbocycles. The predicted molar refractivity (Wildman–Crippen MR) is 167 cm³/mol. The van der Waals surface area contributed by atoms with Gasteiger partial charge in [0, 0.05) is 74.2 Å². The van der Waals surface area contributed by atoms with E-state index in [-0.39, 0.29) is 35.1 Å². The van der Waals surface area contributed by atoms with Gasteiger partial charge in [0.2, 0.25) is 0 Å². The van der Waals surface area contributed by atoms with Crippen LogP contribution in [0.3, 0.4) is 0 Å². The quantitative estimate of drug-likeness (QED) is 0.316. The lowest BCUT2D eigenvalue weighted by Crippen LogP contribution is -2.43. The maximum absolute atomic E-state index is 12.7. The molecule has 1 unspecified atom stereocenters. The summed E-state index contributed by atoms with van der Waals surface area (Å²) in [6.07, 6.45) is 2.60. The number of hydrogen-bond donors (Lipinski definition) is 1. The minimum atomic E-state index is -0.133. The van der Waals surface area contributed by atoms with Crippen LogP contribution in [-0.2, 0) is 22.6 Å². The fourth-order valence-corrected chi connectivity index (χ4v) is 4.50. The molecule has 1 aliphatic rings. The smallest absolute Gasteiger partial charge is 0.255 e. The van der Waals surface area contributed by atoms with Crippen molar-refractivity contribution in [3.63, 3.8) is 0 Å². The largest absolute Gasteiger partial charge is 0.322 e. The molecule has 1 N–H and O–H groups in total. The predicted octanol–water partition coefficient (Wildman–Crippen LogP) is 6.06. The molecule has 7 heteroatoms. The Morgan fingerprint density at radius 2 is 1.54 bits per heavy atom. The van der Waals surface area contributed by atoms with Gasteiger partial charge in [0.05, 0.1) is 0 Å². The third kappa shape index (κ3) is 11.3. The topological polar surface area (TPSA) is 86.8 Å². The molecule has 7 nitrogen and oxygen atoms in total. The number of nitrogens with zero attached hydrogens (tertiary/aromatic N) is 2. The first-order valence-corrected chi connectivity index (χ1v) is 15.0. The van der Waals surface area contributed by atoms with Crippen molar-refractivity contribution in [2.75, 3.05) is 38.5 Å². The third-order valence-electron chi connectivity index (χ3n) is 7.70. The van der Waals surface area contributed by atoms with Gasteiger partial charge in [-0.1, -0.05) is 46.8 Å². The first-order valence-electron chi connectivity index (χ1n) is 15.0. The number of Topliss-reactive ketones (excluding diaryl/α,β-unsaturated/α-hetero) is 3. The number of hydrogen-bond acceptors (Lipinski definition) is 6. The van der Waals surface area contributed by atoms with Crippen molar-refractivity contribution < 1.29 is 19.2 Å². The van der Waals surface area contributed by atoms with Crippen LogP contribution in [-0.4, -0.2) is 66.3 Å². The molecular weight excluding hydrogens is 514 g/mol. The van der Waals surface area contributed by atoms with E-state index in [1.165, 1.54) is 5.56 Å². The average molecular weight is 564 g/mol. The maximum atomic E-state index is 12.7. The van der Waals surface area contributed by atoms with Crippen molar-refractivity contribution in [3.8, 4) is 0 Å². The number of carbonyl (C=O) groups excluding carboxylic acids is 4. The zero-order valence-electron chi connectivity index (χ0n) is 26.1. The summed E-state index contributed by atoms with van der Waals surface area (Å²) in [6.45, 7) is 16.4. The Hall–Kier alpha value is -3.16. The summed E-state index contributed by atoms with van der Waals surface area (Å²) in [6, 6.07) is 13.4. The number of amides is 1. The molecule has 2 aromatic carbocycles. The van der Waals surface area contributed by atoms with Gasteiger partial charge in [-0.3, -0.25) is 24.1 Å². The molecule has 1 atom stereocenters. The number of nitrogens with one attached hydrogen (secondary N) is 1. The molecule has 224 valence electrons. The first kappa shape index (κ1) is 34.0. The van der Waals surface area contributed by atoms with Crippen LogP contribution in [0.2, 0.25) is 0 Å². The van der Waals surface area contributed by atoms with E-state index in [0.29, 0.717) is 24.8 Å². The van der Waals surface area contributed by atoms with Crippen molar-refractivity contribution in [2.24, 2.45) is 11.8 Å². The van der Waals surface area contributed by atoms with Gasteiger partial charge in [0.25, 0.3) is 5.91 Å². The summed E-state index contributed by atoms with van der Waals surface area (Å²) in [7, 11) is 2.16. The molecule has 0 bridgehead atoms. The number of likely N-dealkylation sites (N-methyl/N-ethyl adjacent to an activating group) is 1. The molecular formula is C34H49N3O4. The molecule has 0 spiro atoms. The normalized spacial score (nSPS) is 14.6. The van der Waals surface area contributed by atoms with E-state index in [1.807, 2.05) is 77.1 Å². The average Bonchev–Trinajstić information content (AvgIpc) is 2.96. The van der Waals surface area contributed by atoms with Crippen molar-refractivity contribution in [2.45, 2.75) is 73.8 Å². The Kier molecular flexibility index (Phi) is 14.1. The molecule has 1 aliphatic heterocycles. The lowest BCUT2D eigenvalue weighted by Gasteiger charge is -2.32. The van der Waals surface area contributed by atoms with Crippen LogP contribution in [0.15, 0.2) is 42.5 Å². The van der Waals surface area contributed by atoms with Gasteiger partial charge in [0.1, 0.15) is 11.6 Å². The van der Waals surface area contributed by atoms with Gasteiger partial charge >= 0.3 is 0 Å². The number of piperazine rings is 1. The molecule has 0 aromatic heterocycles. The number of ketones is 3. The van der Waals surface area contributed by atoms with Gasteiger partial charge < -0.3 is 10.2 Å². The summed E-state index contributed by atoms with van der Waals surface area (Å²) in [5, 5.41) is 2.97. The highest BCUT2D eigenvalue weighted by Gasteiger charge is 2.16. The number of carbonyl (C=O) groups is 4. The summed E-state index contributed by atoms with van der Waals surface area (Å²) in [4.78, 5) is 51.4. The van der Waals surface area contributed by atoms with Gasteiger partial charge in [-0.2, -0.15) is 0 Å². The third-order valence-corrected chi connectivity index (χ3v) is 7.70. The van der Waals surface area contributed by atoms with Crippen LogP contribution >= 0.6 is 0 Å². The summed E-state index contributed by atoms with van der Waals surface area (Å²) in [5.41, 5.74) is 4.30. The second-order valence-corrected chi connectivity index (χ2v) is 11.4. The van der Waals surface area contributed by atoms with Crippen LogP contribution in [0.1, 0.15) is 92.6 Å². The van der Waals surface area contributed by atoms with Crippen molar-refractivity contribution in [1.82, 2.24) is 9.80 Å². The second-order valence-electron chi connectivity index (χ2n) is 11.4. The fraction of sp³-hybridized carbons (Fsp3) is 0.529. The van der Waals surface area contributed by atoms with Gasteiger partial charge in [-0.05, 0) is 68.3 Å². The Balaban J connectivity index is 0.000000454. The van der Waals surface area contributed by atoms with Gasteiger partial charge in [0.15, 0.2) is 5.78 Å². The maximum Gasteiger partial charge on any atom is 0.255 e. The lowest BCUT2D eigenvalue weighted by molar-refractivity contribution is -0.121. The first-order chi connectivity index (χ1) is 19.4. The van der Waals surface area contributed by atoms with Gasteiger partial charge in [-0.25, -0.2) is 0 Å². The van der Waals surface area contributed by atoms with Crippen molar-refractivity contribution in [3.05, 3.63) is 64.7 Å². The minimum Gasteiger partial charge on any atom is -0.322 e. The Bertz CT molecular complexity index is 1160. The van der Waals surface area contributed by atoms with Crippen LogP contribution in [0.25, 0.3) is 0 Å². The van der Waals surface area contributed by atoms with E-state index in [0.717, 1.165) is 56.0 Å². The van der Waals surface area contributed by atoms with Crippen molar-refractivity contribution in [1.29, 1.82) is 0 Å². The number of benzene rings is 2. The monoisotopic (exact) mass is 563 g/mol.